The number of para-hydroxylation sites is 4. The monoisotopic (exact) mass is 441 g/mol. The second-order valence-electron chi connectivity index (χ2n) is 8.15. The highest BCUT2D eigenvalue weighted by Crippen LogP contribution is 2.40. The molecule has 0 heterocycles. The minimum absolute atomic E-state index is 1.05. The van der Waals surface area contributed by atoms with Gasteiger partial charge in [-0.3, -0.25) is 0 Å². The molecule has 0 amide bonds. The van der Waals surface area contributed by atoms with E-state index in [4.69, 9.17) is 0 Å². The van der Waals surface area contributed by atoms with Gasteiger partial charge in [0.15, 0.2) is 0 Å². The van der Waals surface area contributed by atoms with Crippen LogP contribution in [0.5, 0.6) is 0 Å². The molecule has 0 saturated heterocycles. The van der Waals surface area contributed by atoms with Crippen LogP contribution < -0.4 is 15.5 Å². The van der Waals surface area contributed by atoms with E-state index in [2.05, 4.69) is 107 Å². The SMILES string of the molecule is Cc1c(Nc2ccccc2)cc(N(c2ccccc2)c2ccccc2)cc1Nc1ccccc1. The van der Waals surface area contributed by atoms with Gasteiger partial charge in [-0.1, -0.05) is 72.8 Å². The Morgan fingerprint density at radius 1 is 0.441 bits per heavy atom. The van der Waals surface area contributed by atoms with E-state index in [0.29, 0.717) is 0 Å². The topological polar surface area (TPSA) is 27.3 Å². The molecule has 5 aromatic carbocycles. The van der Waals surface area contributed by atoms with Crippen molar-refractivity contribution < 1.29 is 0 Å². The molecule has 0 fully saturated rings. The number of nitrogens with one attached hydrogen (secondary N) is 2. The van der Waals surface area contributed by atoms with E-state index in [1.807, 2.05) is 48.5 Å². The number of nitrogens with zero attached hydrogens (tertiary/aromatic N) is 1. The first-order valence-electron chi connectivity index (χ1n) is 11.5. The van der Waals surface area contributed by atoms with Crippen LogP contribution in [0.1, 0.15) is 5.56 Å². The second kappa shape index (κ2) is 9.97. The van der Waals surface area contributed by atoms with Crippen molar-refractivity contribution in [2.24, 2.45) is 0 Å². The van der Waals surface area contributed by atoms with Gasteiger partial charge < -0.3 is 15.5 Å². The lowest BCUT2D eigenvalue weighted by Crippen LogP contribution is -2.11. The maximum Gasteiger partial charge on any atom is 0.0503 e. The summed E-state index contributed by atoms with van der Waals surface area (Å²) in [7, 11) is 0. The molecule has 0 aliphatic carbocycles. The molecule has 3 heteroatoms. The lowest BCUT2D eigenvalue weighted by atomic mass is 10.1. The first-order chi connectivity index (χ1) is 16.8. The molecule has 2 N–H and O–H groups in total. The smallest absolute Gasteiger partial charge is 0.0503 e. The molecule has 0 aromatic heterocycles. The zero-order chi connectivity index (χ0) is 23.2. The van der Waals surface area contributed by atoms with Crippen LogP contribution in [0.25, 0.3) is 0 Å². The molecule has 3 nitrogen and oxygen atoms in total. The van der Waals surface area contributed by atoms with Gasteiger partial charge in [0, 0.05) is 34.1 Å². The summed E-state index contributed by atoms with van der Waals surface area (Å²) in [5, 5.41) is 7.26. The number of anilines is 7. The quantitative estimate of drug-likeness (QED) is 0.264. The van der Waals surface area contributed by atoms with E-state index in [1.54, 1.807) is 0 Å². The summed E-state index contributed by atoms with van der Waals surface area (Å²) in [5.41, 5.74) is 8.65. The zero-order valence-corrected chi connectivity index (χ0v) is 19.1. The lowest BCUT2D eigenvalue weighted by Gasteiger charge is -2.28. The fourth-order valence-electron chi connectivity index (χ4n) is 4.04. The zero-order valence-electron chi connectivity index (χ0n) is 19.1. The average Bonchev–Trinajstić information content (AvgIpc) is 2.89. The van der Waals surface area contributed by atoms with Gasteiger partial charge in [0.2, 0.25) is 0 Å². The van der Waals surface area contributed by atoms with Crippen LogP contribution in [0.3, 0.4) is 0 Å². The van der Waals surface area contributed by atoms with Gasteiger partial charge in [0.25, 0.3) is 0 Å². The molecule has 5 rings (SSSR count). The summed E-state index contributed by atoms with van der Waals surface area (Å²) in [5.74, 6) is 0. The van der Waals surface area contributed by atoms with E-state index in [0.717, 1.165) is 45.4 Å². The normalized spacial score (nSPS) is 10.5. The molecule has 0 bridgehead atoms. The van der Waals surface area contributed by atoms with Crippen molar-refractivity contribution in [3.8, 4) is 0 Å². The Kier molecular flexibility index (Phi) is 6.26. The molecule has 0 unspecified atom stereocenters. The number of benzene rings is 5. The van der Waals surface area contributed by atoms with Crippen molar-refractivity contribution >= 4 is 39.8 Å². The molecular weight excluding hydrogens is 414 g/mol. The summed E-state index contributed by atoms with van der Waals surface area (Å²) in [6, 6.07) is 46.0. The Labute approximate surface area is 201 Å². The molecule has 0 saturated carbocycles. The van der Waals surface area contributed by atoms with E-state index >= 15 is 0 Å². The third-order valence-corrected chi connectivity index (χ3v) is 5.79. The van der Waals surface area contributed by atoms with Gasteiger partial charge in [-0.05, 0) is 73.2 Å². The molecule has 34 heavy (non-hydrogen) atoms. The molecular formula is C31H27N3. The Balaban J connectivity index is 1.66. The van der Waals surface area contributed by atoms with Gasteiger partial charge in [0.05, 0.1) is 5.69 Å². The summed E-state index contributed by atoms with van der Waals surface area (Å²) < 4.78 is 0. The minimum atomic E-state index is 1.05. The van der Waals surface area contributed by atoms with Crippen molar-refractivity contribution in [2.75, 3.05) is 15.5 Å². The van der Waals surface area contributed by atoms with Gasteiger partial charge >= 0.3 is 0 Å². The molecule has 0 aliphatic heterocycles. The van der Waals surface area contributed by atoms with Crippen molar-refractivity contribution in [2.45, 2.75) is 6.92 Å². The third kappa shape index (κ3) is 4.79. The highest BCUT2D eigenvalue weighted by Gasteiger charge is 2.16. The Morgan fingerprint density at radius 2 is 0.794 bits per heavy atom. The lowest BCUT2D eigenvalue weighted by molar-refractivity contribution is 1.27. The largest absolute Gasteiger partial charge is 0.355 e. The molecule has 5 aromatic rings. The van der Waals surface area contributed by atoms with Gasteiger partial charge in [0.1, 0.15) is 0 Å². The van der Waals surface area contributed by atoms with Crippen LogP contribution in [0.15, 0.2) is 133 Å². The number of hydrogen-bond donors (Lipinski definition) is 2. The van der Waals surface area contributed by atoms with E-state index in [9.17, 15) is 0 Å². The summed E-state index contributed by atoms with van der Waals surface area (Å²) >= 11 is 0. The fraction of sp³-hybridized carbons (Fsp3) is 0.0323. The van der Waals surface area contributed by atoms with E-state index < -0.39 is 0 Å². The van der Waals surface area contributed by atoms with Crippen LogP contribution in [-0.2, 0) is 0 Å². The predicted molar refractivity (Wildman–Crippen MR) is 145 cm³/mol. The summed E-state index contributed by atoms with van der Waals surface area (Å²) in [6.45, 7) is 2.15. The average molecular weight is 442 g/mol. The predicted octanol–water partition coefficient (Wildman–Crippen LogP) is 8.95. The van der Waals surface area contributed by atoms with Crippen LogP contribution in [0.4, 0.5) is 39.8 Å². The van der Waals surface area contributed by atoms with E-state index in [1.165, 1.54) is 0 Å². The standard InChI is InChI=1S/C31H27N3/c1-24-30(32-25-14-6-2-7-15-25)22-29(23-31(24)33-26-16-8-3-9-17-26)34(27-18-10-4-11-19-27)28-20-12-5-13-21-28/h2-23,32-33H,1H3. The first kappa shape index (κ1) is 21.4. The Bertz CT molecular complexity index is 1230. The van der Waals surface area contributed by atoms with Gasteiger partial charge in [-0.2, -0.15) is 0 Å². The minimum Gasteiger partial charge on any atom is -0.355 e. The van der Waals surface area contributed by atoms with Crippen LogP contribution >= 0.6 is 0 Å². The van der Waals surface area contributed by atoms with Crippen molar-refractivity contribution in [1.29, 1.82) is 0 Å². The molecule has 166 valence electrons. The maximum atomic E-state index is 3.63. The number of rotatable bonds is 7. The Hall–Kier alpha value is -4.50. The van der Waals surface area contributed by atoms with Crippen molar-refractivity contribution in [1.82, 2.24) is 0 Å². The highest BCUT2D eigenvalue weighted by molar-refractivity contribution is 5.85. The summed E-state index contributed by atoms with van der Waals surface area (Å²) in [4.78, 5) is 2.28. The van der Waals surface area contributed by atoms with E-state index in [-0.39, 0.29) is 0 Å². The van der Waals surface area contributed by atoms with Crippen molar-refractivity contribution in [3.63, 3.8) is 0 Å². The van der Waals surface area contributed by atoms with Crippen LogP contribution in [-0.4, -0.2) is 0 Å². The molecule has 0 radical (unpaired) electrons. The summed E-state index contributed by atoms with van der Waals surface area (Å²) in [6.07, 6.45) is 0. The second-order valence-corrected chi connectivity index (χ2v) is 8.15. The van der Waals surface area contributed by atoms with Crippen LogP contribution in [0.2, 0.25) is 0 Å². The fourth-order valence-corrected chi connectivity index (χ4v) is 4.04. The molecule has 0 spiro atoms. The molecule has 0 atom stereocenters. The maximum absolute atomic E-state index is 3.63. The highest BCUT2D eigenvalue weighted by atomic mass is 15.1. The van der Waals surface area contributed by atoms with Crippen molar-refractivity contribution in [3.05, 3.63) is 139 Å². The third-order valence-electron chi connectivity index (χ3n) is 5.79. The van der Waals surface area contributed by atoms with Gasteiger partial charge in [-0.25, -0.2) is 0 Å². The van der Waals surface area contributed by atoms with Gasteiger partial charge in [-0.15, -0.1) is 0 Å². The number of hydrogen-bond acceptors (Lipinski definition) is 3. The first-order valence-corrected chi connectivity index (χ1v) is 11.5. The Morgan fingerprint density at radius 3 is 1.18 bits per heavy atom. The van der Waals surface area contributed by atoms with Crippen LogP contribution in [0, 0.1) is 6.92 Å². The molecule has 0 aliphatic rings.